The van der Waals surface area contributed by atoms with Gasteiger partial charge in [-0.05, 0) is 70.8 Å². The molecule has 2 saturated carbocycles. The van der Waals surface area contributed by atoms with Crippen molar-refractivity contribution in [3.8, 4) is 0 Å². The van der Waals surface area contributed by atoms with Crippen LogP contribution in [0.1, 0.15) is 83.5 Å². The minimum Gasteiger partial charge on any atom is -0.366 e. The Morgan fingerprint density at radius 1 is 0.912 bits per heavy atom. The van der Waals surface area contributed by atoms with Crippen molar-refractivity contribution in [3.05, 3.63) is 24.4 Å². The maximum atomic E-state index is 4.51. The highest BCUT2D eigenvalue weighted by Gasteiger charge is 2.28. The minimum absolute atomic E-state index is 0.497. The number of rotatable bonds is 5. The average Bonchev–Trinajstić information content (AvgIpc) is 2.80. The lowest BCUT2D eigenvalue weighted by molar-refractivity contribution is 0.128. The summed E-state index contributed by atoms with van der Waals surface area (Å²) in [6.45, 7) is 9.01. The standard InChI is InChI=1S/C27H47BN6/c1-3-11-26-27(29-22-30-32(26)2)31-24-14-16-25(17-15-24)33-18-9-20-34(21-10-19-33)28-23-12-7-5-4-6-8-13-23/h3,11,22-25,28H,1,4-10,12-21H2,2H3,(H,29,30,31)/b26-11-. The maximum absolute atomic E-state index is 4.51. The molecule has 0 aromatic heterocycles. The van der Waals surface area contributed by atoms with E-state index in [1.807, 2.05) is 24.2 Å². The maximum Gasteiger partial charge on any atom is 0.207 e. The molecule has 2 aliphatic carbocycles. The number of likely N-dealkylation sites (N-methyl/N-ethyl adjacent to an activating group) is 1. The molecule has 0 unspecified atom stereocenters. The molecular formula is C27H47BN6. The number of nitrogens with one attached hydrogen (secondary N) is 1. The first kappa shape index (κ1) is 25.5. The minimum atomic E-state index is 0.497. The van der Waals surface area contributed by atoms with Gasteiger partial charge in [0.25, 0.3) is 0 Å². The van der Waals surface area contributed by atoms with Gasteiger partial charge in [-0.2, -0.15) is 5.10 Å². The third kappa shape index (κ3) is 7.45. The lowest BCUT2D eigenvalue weighted by Gasteiger charge is -2.40. The number of hydrogen-bond donors (Lipinski definition) is 1. The van der Waals surface area contributed by atoms with Gasteiger partial charge >= 0.3 is 0 Å². The van der Waals surface area contributed by atoms with Gasteiger partial charge in [0.15, 0.2) is 5.84 Å². The Kier molecular flexibility index (Phi) is 10.1. The van der Waals surface area contributed by atoms with Crippen LogP contribution in [-0.4, -0.2) is 79.6 Å². The predicted octanol–water partition coefficient (Wildman–Crippen LogP) is 4.53. The quantitative estimate of drug-likeness (QED) is 0.605. The molecule has 34 heavy (non-hydrogen) atoms. The topological polar surface area (TPSA) is 46.5 Å². The van der Waals surface area contributed by atoms with Crippen molar-refractivity contribution in [2.45, 2.75) is 101 Å². The molecule has 0 aromatic rings. The Morgan fingerprint density at radius 3 is 2.26 bits per heavy atom. The molecule has 0 bridgehead atoms. The molecule has 4 rings (SSSR count). The molecule has 6 nitrogen and oxygen atoms in total. The van der Waals surface area contributed by atoms with E-state index in [4.69, 9.17) is 0 Å². The Morgan fingerprint density at radius 2 is 1.59 bits per heavy atom. The normalized spacial score (nSPS) is 30.1. The Balaban J connectivity index is 1.19. The largest absolute Gasteiger partial charge is 0.366 e. The van der Waals surface area contributed by atoms with Crippen LogP contribution in [0.2, 0.25) is 5.82 Å². The van der Waals surface area contributed by atoms with Crippen molar-refractivity contribution >= 4 is 19.6 Å². The SMILES string of the molecule is C=C/C=C1/C(NC2CCC(N3CCCN(BC4CCCCCCC4)CCC3)CC2)=NC=NN1C. The van der Waals surface area contributed by atoms with Crippen molar-refractivity contribution in [2.24, 2.45) is 10.1 Å². The summed E-state index contributed by atoms with van der Waals surface area (Å²) in [5, 5.41) is 9.83. The zero-order chi connectivity index (χ0) is 23.6. The summed E-state index contributed by atoms with van der Waals surface area (Å²) < 4.78 is 0. The van der Waals surface area contributed by atoms with Crippen LogP contribution in [-0.2, 0) is 0 Å². The van der Waals surface area contributed by atoms with E-state index in [1.54, 1.807) is 6.34 Å². The van der Waals surface area contributed by atoms with Gasteiger partial charge in [-0.3, -0.25) is 5.01 Å². The molecule has 0 radical (unpaired) electrons. The first-order chi connectivity index (χ1) is 16.7. The predicted molar refractivity (Wildman–Crippen MR) is 147 cm³/mol. The molecule has 0 atom stereocenters. The van der Waals surface area contributed by atoms with Gasteiger partial charge < -0.3 is 15.0 Å². The Labute approximate surface area is 208 Å². The number of hydrazone groups is 1. The van der Waals surface area contributed by atoms with Crippen LogP contribution in [0.5, 0.6) is 0 Å². The van der Waals surface area contributed by atoms with E-state index < -0.39 is 0 Å². The average molecular weight is 467 g/mol. The number of hydrogen-bond acceptors (Lipinski definition) is 6. The molecule has 3 fully saturated rings. The molecule has 0 spiro atoms. The van der Waals surface area contributed by atoms with Crippen LogP contribution < -0.4 is 5.32 Å². The third-order valence-corrected chi connectivity index (χ3v) is 8.41. The monoisotopic (exact) mass is 466 g/mol. The first-order valence-electron chi connectivity index (χ1n) is 14.1. The summed E-state index contributed by atoms with van der Waals surface area (Å²) in [6, 6.07) is 1.26. The van der Waals surface area contributed by atoms with E-state index in [1.165, 1.54) is 117 Å². The number of aliphatic imine (C=N–C) groups is 1. The molecule has 4 aliphatic rings. The van der Waals surface area contributed by atoms with Crippen LogP contribution in [0.4, 0.5) is 0 Å². The number of amidine groups is 1. The molecule has 7 heteroatoms. The van der Waals surface area contributed by atoms with Crippen molar-refractivity contribution in [2.75, 3.05) is 33.2 Å². The molecule has 1 N–H and O–H groups in total. The summed E-state index contributed by atoms with van der Waals surface area (Å²) in [5.41, 5.74) is 0.993. The molecule has 2 aliphatic heterocycles. The van der Waals surface area contributed by atoms with Gasteiger partial charge in [-0.25, -0.2) is 4.99 Å². The Hall–Kier alpha value is -1.60. The van der Waals surface area contributed by atoms with Crippen LogP contribution in [0, 0.1) is 0 Å². The molecule has 1 saturated heterocycles. The fraction of sp³-hybridized carbons (Fsp3) is 0.778. The van der Waals surface area contributed by atoms with E-state index in [-0.39, 0.29) is 0 Å². The smallest absolute Gasteiger partial charge is 0.207 e. The summed E-state index contributed by atoms with van der Waals surface area (Å²) in [7, 11) is 3.32. The summed E-state index contributed by atoms with van der Waals surface area (Å²) in [5.74, 6) is 1.89. The van der Waals surface area contributed by atoms with Crippen LogP contribution in [0.15, 0.2) is 34.5 Å². The lowest BCUT2D eigenvalue weighted by atomic mass is 9.67. The van der Waals surface area contributed by atoms with Crippen LogP contribution >= 0.6 is 0 Å². The third-order valence-electron chi connectivity index (χ3n) is 8.41. The summed E-state index contributed by atoms with van der Waals surface area (Å²) >= 11 is 0. The van der Waals surface area contributed by atoms with Gasteiger partial charge in [0.1, 0.15) is 12.0 Å². The van der Waals surface area contributed by atoms with E-state index in [9.17, 15) is 0 Å². The van der Waals surface area contributed by atoms with Gasteiger partial charge in [0.2, 0.25) is 7.41 Å². The van der Waals surface area contributed by atoms with Gasteiger partial charge in [0.05, 0.1) is 0 Å². The molecule has 0 aromatic carbocycles. The highest BCUT2D eigenvalue weighted by atomic mass is 15.5. The van der Waals surface area contributed by atoms with Crippen LogP contribution in [0.25, 0.3) is 0 Å². The lowest BCUT2D eigenvalue weighted by Crippen LogP contribution is -2.47. The summed E-state index contributed by atoms with van der Waals surface area (Å²) in [4.78, 5) is 10.1. The van der Waals surface area contributed by atoms with Crippen molar-refractivity contribution in [1.82, 2.24) is 20.0 Å². The second kappa shape index (κ2) is 13.5. The second-order valence-corrected chi connectivity index (χ2v) is 10.9. The second-order valence-electron chi connectivity index (χ2n) is 10.9. The van der Waals surface area contributed by atoms with E-state index in [0.29, 0.717) is 6.04 Å². The van der Waals surface area contributed by atoms with E-state index in [2.05, 4.69) is 31.7 Å². The van der Waals surface area contributed by atoms with Crippen molar-refractivity contribution < 1.29 is 0 Å². The zero-order valence-electron chi connectivity index (χ0n) is 21.6. The van der Waals surface area contributed by atoms with Gasteiger partial charge in [-0.1, -0.05) is 63.4 Å². The van der Waals surface area contributed by atoms with Crippen LogP contribution in [0.3, 0.4) is 0 Å². The number of nitrogens with zero attached hydrogens (tertiary/aromatic N) is 5. The van der Waals surface area contributed by atoms with Gasteiger partial charge in [-0.15, -0.1) is 0 Å². The van der Waals surface area contributed by atoms with Gasteiger partial charge in [0, 0.05) is 19.1 Å². The molecule has 0 amide bonds. The fourth-order valence-corrected chi connectivity index (χ4v) is 6.49. The molecule has 188 valence electrons. The fourth-order valence-electron chi connectivity index (χ4n) is 6.49. The number of allylic oxidation sites excluding steroid dienone is 2. The Bertz CT molecular complexity index is 709. The van der Waals surface area contributed by atoms with E-state index >= 15 is 0 Å². The molecular weight excluding hydrogens is 419 g/mol. The highest BCUT2D eigenvalue weighted by molar-refractivity contribution is 6.34. The van der Waals surface area contributed by atoms with Crippen molar-refractivity contribution in [1.29, 1.82) is 0 Å². The highest BCUT2D eigenvalue weighted by Crippen LogP contribution is 2.28. The van der Waals surface area contributed by atoms with Crippen molar-refractivity contribution in [3.63, 3.8) is 0 Å². The summed E-state index contributed by atoms with van der Waals surface area (Å²) in [6.07, 6.45) is 23.4. The first-order valence-corrected chi connectivity index (χ1v) is 14.1. The zero-order valence-corrected chi connectivity index (χ0v) is 21.6. The molecule has 2 heterocycles. The van der Waals surface area contributed by atoms with E-state index in [0.717, 1.165) is 23.4 Å².